The predicted molar refractivity (Wildman–Crippen MR) is 54.9 cm³/mol. The summed E-state index contributed by atoms with van der Waals surface area (Å²) in [6, 6.07) is 0. The molecule has 0 aliphatic carbocycles. The molecule has 12 heteroatoms. The normalized spacial score (nSPS) is 18.1. The molecule has 0 fully saturated rings. The van der Waals surface area contributed by atoms with Gasteiger partial charge >= 0.3 is 22.1 Å². The van der Waals surface area contributed by atoms with Crippen molar-refractivity contribution in [2.24, 2.45) is 0 Å². The van der Waals surface area contributed by atoms with Gasteiger partial charge in [0.1, 0.15) is 23.7 Å². The minimum Gasteiger partial charge on any atom is -0.343 e. The smallest absolute Gasteiger partial charge is 0.343 e. The van der Waals surface area contributed by atoms with Gasteiger partial charge in [0.05, 0.1) is 23.7 Å². The van der Waals surface area contributed by atoms with Crippen molar-refractivity contribution in [3.8, 4) is 0 Å². The second-order valence-corrected chi connectivity index (χ2v) is 3.76. The lowest BCUT2D eigenvalue weighted by molar-refractivity contribution is -0.166. The van der Waals surface area contributed by atoms with E-state index in [1.54, 1.807) is 0 Å². The highest BCUT2D eigenvalue weighted by Crippen LogP contribution is 2.42. The number of halogens is 6. The van der Waals surface area contributed by atoms with Gasteiger partial charge in [-0.05, 0) is 0 Å². The SMILES string of the molecule is O=C(OCl)C(Cl)(OCl)C(Cl)(OCl)C(=O)OCl. The van der Waals surface area contributed by atoms with Crippen LogP contribution in [-0.2, 0) is 26.7 Å². The molecule has 0 rings (SSSR count). The zero-order chi connectivity index (χ0) is 13.0. The van der Waals surface area contributed by atoms with Crippen molar-refractivity contribution in [1.29, 1.82) is 0 Å². The van der Waals surface area contributed by atoms with Gasteiger partial charge in [-0.3, -0.25) is 0 Å². The van der Waals surface area contributed by atoms with E-state index in [1.807, 2.05) is 0 Å². The van der Waals surface area contributed by atoms with Crippen molar-refractivity contribution >= 4 is 82.6 Å². The van der Waals surface area contributed by atoms with Gasteiger partial charge in [0.25, 0.3) is 0 Å². The monoisotopic (exact) mass is 354 g/mol. The lowest BCUT2D eigenvalue weighted by Crippen LogP contribution is -2.57. The zero-order valence-electron chi connectivity index (χ0n) is 6.72. The molecule has 0 aliphatic rings. The van der Waals surface area contributed by atoms with Crippen molar-refractivity contribution in [3.63, 3.8) is 0 Å². The van der Waals surface area contributed by atoms with Crippen LogP contribution in [0.2, 0.25) is 0 Å². The van der Waals surface area contributed by atoms with Gasteiger partial charge in [0.15, 0.2) is 0 Å². The molecule has 0 amide bonds. The standard InChI is InChI=1S/C4Cl6O6/c5-3(15-9,1(11)13-7)4(6,16-10)2(12)14-8. The molecule has 0 spiro atoms. The van der Waals surface area contributed by atoms with E-state index in [2.05, 4.69) is 17.2 Å². The predicted octanol–water partition coefficient (Wildman–Crippen LogP) is 2.59. The second-order valence-electron chi connectivity index (χ2n) is 2.07. The summed E-state index contributed by atoms with van der Waals surface area (Å²) in [6.45, 7) is 0. The average Bonchev–Trinajstić information content (AvgIpc) is 2.34. The molecular formula is C4Cl6O6. The Balaban J connectivity index is 5.48. The highest BCUT2D eigenvalue weighted by Gasteiger charge is 2.67. The van der Waals surface area contributed by atoms with Crippen LogP contribution in [0.1, 0.15) is 0 Å². The summed E-state index contributed by atoms with van der Waals surface area (Å²) in [5.41, 5.74) is 0. The third-order valence-corrected chi connectivity index (χ3v) is 3.28. The first-order chi connectivity index (χ1) is 7.33. The Kier molecular flexibility index (Phi) is 6.75. The van der Waals surface area contributed by atoms with Crippen LogP contribution in [0.3, 0.4) is 0 Å². The summed E-state index contributed by atoms with van der Waals surface area (Å²) < 4.78 is 15.2. The van der Waals surface area contributed by atoms with E-state index in [1.165, 1.54) is 0 Å². The van der Waals surface area contributed by atoms with Crippen LogP contribution in [0, 0.1) is 0 Å². The zero-order valence-corrected chi connectivity index (χ0v) is 11.3. The molecule has 0 aromatic heterocycles. The Morgan fingerprint density at radius 2 is 1.00 bits per heavy atom. The van der Waals surface area contributed by atoms with Crippen LogP contribution in [0.15, 0.2) is 0 Å². The van der Waals surface area contributed by atoms with Crippen LogP contribution in [0.25, 0.3) is 0 Å². The Morgan fingerprint density at radius 1 is 0.750 bits per heavy atom. The maximum atomic E-state index is 11.1. The van der Waals surface area contributed by atoms with Crippen molar-refractivity contribution < 1.29 is 26.7 Å². The van der Waals surface area contributed by atoms with Gasteiger partial charge in [-0.1, -0.05) is 23.2 Å². The molecule has 2 unspecified atom stereocenters. The lowest BCUT2D eigenvalue weighted by Gasteiger charge is -2.30. The molecule has 0 radical (unpaired) electrons. The third kappa shape index (κ3) is 2.70. The fourth-order valence-corrected chi connectivity index (χ4v) is 1.55. The molecule has 0 aromatic rings. The Labute approximate surface area is 119 Å². The summed E-state index contributed by atoms with van der Waals surface area (Å²) in [5.74, 6) is -3.19. The molecule has 94 valence electrons. The summed E-state index contributed by atoms with van der Waals surface area (Å²) in [5, 5.41) is -5.85. The largest absolute Gasteiger partial charge is 0.379 e. The van der Waals surface area contributed by atoms with Crippen LogP contribution in [0.5, 0.6) is 0 Å². The Hall–Kier alpha value is 0.600. The van der Waals surface area contributed by atoms with E-state index in [-0.39, 0.29) is 0 Å². The Morgan fingerprint density at radius 3 is 1.12 bits per heavy atom. The van der Waals surface area contributed by atoms with E-state index in [4.69, 9.17) is 70.7 Å². The third-order valence-electron chi connectivity index (χ3n) is 1.29. The van der Waals surface area contributed by atoms with Crippen LogP contribution < -0.4 is 0 Å². The summed E-state index contributed by atoms with van der Waals surface area (Å²) in [6.07, 6.45) is 0. The lowest BCUT2D eigenvalue weighted by atomic mass is 10.2. The van der Waals surface area contributed by atoms with Crippen molar-refractivity contribution in [1.82, 2.24) is 0 Å². The number of hydrogen-bond donors (Lipinski definition) is 0. The molecule has 0 bridgehead atoms. The van der Waals surface area contributed by atoms with E-state index >= 15 is 0 Å². The van der Waals surface area contributed by atoms with E-state index in [0.29, 0.717) is 0 Å². The number of carbonyl (C=O) groups excluding carboxylic acids is 2. The van der Waals surface area contributed by atoms with Crippen LogP contribution >= 0.6 is 70.7 Å². The molecule has 0 heterocycles. The molecule has 0 aliphatic heterocycles. The van der Waals surface area contributed by atoms with Gasteiger partial charge < -0.3 is 8.58 Å². The first-order valence-electron chi connectivity index (χ1n) is 2.97. The minimum atomic E-state index is -2.93. The highest BCUT2D eigenvalue weighted by atomic mass is 35.5. The summed E-state index contributed by atoms with van der Waals surface area (Å²) in [4.78, 5) is 22.2. The summed E-state index contributed by atoms with van der Waals surface area (Å²) >= 11 is 30.1. The fourth-order valence-electron chi connectivity index (χ4n) is 0.524. The van der Waals surface area contributed by atoms with Crippen LogP contribution in [-0.4, -0.2) is 22.1 Å². The minimum absolute atomic E-state index is 1.59. The maximum Gasteiger partial charge on any atom is 0.379 e. The van der Waals surface area contributed by atoms with Gasteiger partial charge in [-0.15, -0.1) is 0 Å². The number of alkyl halides is 2. The molecule has 0 N–H and O–H groups in total. The molecule has 0 aromatic carbocycles. The Bertz CT molecular complexity index is 258. The van der Waals surface area contributed by atoms with Crippen molar-refractivity contribution in [2.75, 3.05) is 0 Å². The molecule has 0 saturated carbocycles. The average molecular weight is 357 g/mol. The number of hydrogen-bond acceptors (Lipinski definition) is 6. The topological polar surface area (TPSA) is 71.1 Å². The molecule has 6 nitrogen and oxygen atoms in total. The fraction of sp³-hybridized carbons (Fsp3) is 0.500. The highest BCUT2D eigenvalue weighted by molar-refractivity contribution is 6.49. The van der Waals surface area contributed by atoms with E-state index in [0.717, 1.165) is 0 Å². The van der Waals surface area contributed by atoms with Crippen LogP contribution in [0.4, 0.5) is 0 Å². The van der Waals surface area contributed by atoms with Gasteiger partial charge in [0, 0.05) is 0 Å². The van der Waals surface area contributed by atoms with Gasteiger partial charge in [0.2, 0.25) is 0 Å². The molecular weight excluding hydrogens is 357 g/mol. The van der Waals surface area contributed by atoms with Gasteiger partial charge in [-0.25, -0.2) is 18.2 Å². The first kappa shape index (κ1) is 16.6. The second kappa shape index (κ2) is 6.51. The molecule has 16 heavy (non-hydrogen) atoms. The summed E-state index contributed by atoms with van der Waals surface area (Å²) in [7, 11) is 0. The van der Waals surface area contributed by atoms with Gasteiger partial charge in [-0.2, -0.15) is 0 Å². The first-order valence-corrected chi connectivity index (χ1v) is 4.96. The number of rotatable bonds is 5. The quantitative estimate of drug-likeness (QED) is 0.705. The van der Waals surface area contributed by atoms with Crippen molar-refractivity contribution in [3.05, 3.63) is 0 Å². The molecule has 2 atom stereocenters. The van der Waals surface area contributed by atoms with E-state index in [9.17, 15) is 9.59 Å². The van der Waals surface area contributed by atoms with Crippen molar-refractivity contribution in [2.45, 2.75) is 10.1 Å². The number of carbonyl (C=O) groups is 2. The maximum absolute atomic E-state index is 11.1. The molecule has 0 saturated heterocycles. The van der Waals surface area contributed by atoms with E-state index < -0.39 is 22.1 Å².